The summed E-state index contributed by atoms with van der Waals surface area (Å²) in [7, 11) is 0. The van der Waals surface area contributed by atoms with Crippen LogP contribution in [0.15, 0.2) is 46.6 Å². The van der Waals surface area contributed by atoms with E-state index in [4.69, 9.17) is 21.8 Å². The molecule has 0 aliphatic carbocycles. The highest BCUT2D eigenvalue weighted by Crippen LogP contribution is 2.38. The molecule has 0 radical (unpaired) electrons. The zero-order chi connectivity index (χ0) is 20.0. The number of anilines is 1. The van der Waals surface area contributed by atoms with E-state index in [0.29, 0.717) is 24.3 Å². The van der Waals surface area contributed by atoms with Crippen molar-refractivity contribution in [1.82, 2.24) is 0 Å². The van der Waals surface area contributed by atoms with Crippen LogP contribution in [0.5, 0.6) is 0 Å². The summed E-state index contributed by atoms with van der Waals surface area (Å²) >= 11 is 5.65. The van der Waals surface area contributed by atoms with E-state index in [9.17, 15) is 13.2 Å². The molecule has 0 amide bonds. The Balaban J connectivity index is 2.31. The van der Waals surface area contributed by atoms with Gasteiger partial charge in [0.1, 0.15) is 0 Å². The van der Waals surface area contributed by atoms with Gasteiger partial charge in [-0.3, -0.25) is 0 Å². The first kappa shape index (κ1) is 21.1. The topological polar surface area (TPSA) is 68.4 Å². The summed E-state index contributed by atoms with van der Waals surface area (Å²) in [6.45, 7) is 2.30. The Hall–Kier alpha value is -2.16. The Bertz CT molecular complexity index is 807. The highest BCUT2D eigenvalue weighted by Gasteiger charge is 2.34. The van der Waals surface area contributed by atoms with Crippen molar-refractivity contribution in [1.29, 1.82) is 0 Å². The Kier molecular flexibility index (Phi) is 7.18. The van der Waals surface area contributed by atoms with Crippen molar-refractivity contribution < 1.29 is 23.4 Å². The molecule has 0 aromatic heterocycles. The van der Waals surface area contributed by atoms with Gasteiger partial charge in [-0.25, -0.2) is 0 Å². The largest absolute Gasteiger partial charge is 0.418 e. The van der Waals surface area contributed by atoms with E-state index in [1.807, 2.05) is 0 Å². The maximum absolute atomic E-state index is 13.1. The Morgan fingerprint density at radius 1 is 0.963 bits per heavy atom. The van der Waals surface area contributed by atoms with Crippen LogP contribution in [0.4, 0.5) is 30.2 Å². The lowest BCUT2D eigenvalue weighted by atomic mass is 10.1. The first-order valence-electron chi connectivity index (χ1n) is 8.12. The summed E-state index contributed by atoms with van der Waals surface area (Å²) in [5.74, 6) is 0. The standard InChI is InChI=1S/C18H19ClF3N3O2/c1-12-10-14(25(6-8-26)7-9-27)3-5-16(12)23-24-17-4-2-13(19)11-15(17)18(20,21)22/h2-5,10-11,26-27H,6-9H2,1H3. The van der Waals surface area contributed by atoms with E-state index in [1.54, 1.807) is 30.0 Å². The van der Waals surface area contributed by atoms with Crippen molar-refractivity contribution in [2.75, 3.05) is 31.2 Å². The summed E-state index contributed by atoms with van der Waals surface area (Å²) < 4.78 is 39.3. The number of hydrogen-bond donors (Lipinski definition) is 2. The van der Waals surface area contributed by atoms with Gasteiger partial charge in [0, 0.05) is 23.8 Å². The van der Waals surface area contributed by atoms with Crippen LogP contribution in [0.25, 0.3) is 0 Å². The Morgan fingerprint density at radius 3 is 2.11 bits per heavy atom. The highest BCUT2D eigenvalue weighted by atomic mass is 35.5. The third-order valence-electron chi connectivity index (χ3n) is 3.81. The van der Waals surface area contributed by atoms with E-state index in [2.05, 4.69) is 10.2 Å². The summed E-state index contributed by atoms with van der Waals surface area (Å²) in [5.41, 5.74) is 0.592. The average Bonchev–Trinajstić information content (AvgIpc) is 2.60. The lowest BCUT2D eigenvalue weighted by molar-refractivity contribution is -0.137. The van der Waals surface area contributed by atoms with Gasteiger partial charge >= 0.3 is 6.18 Å². The Labute approximate surface area is 159 Å². The molecule has 0 bridgehead atoms. The van der Waals surface area contributed by atoms with Crippen molar-refractivity contribution in [2.24, 2.45) is 10.2 Å². The molecule has 0 aliphatic heterocycles. The molecule has 0 atom stereocenters. The van der Waals surface area contributed by atoms with E-state index in [0.717, 1.165) is 11.8 Å². The molecule has 0 heterocycles. The van der Waals surface area contributed by atoms with Gasteiger partial charge < -0.3 is 15.1 Å². The minimum absolute atomic E-state index is 0.0327. The molecule has 27 heavy (non-hydrogen) atoms. The molecule has 0 unspecified atom stereocenters. The molecule has 0 saturated carbocycles. The quantitative estimate of drug-likeness (QED) is 0.650. The van der Waals surface area contributed by atoms with Crippen LogP contribution in [0.2, 0.25) is 5.02 Å². The van der Waals surface area contributed by atoms with Crippen molar-refractivity contribution in [3.63, 3.8) is 0 Å². The molecule has 5 nitrogen and oxygen atoms in total. The number of aryl methyl sites for hydroxylation is 1. The van der Waals surface area contributed by atoms with E-state index < -0.39 is 11.7 Å². The molecular weight excluding hydrogens is 383 g/mol. The maximum atomic E-state index is 13.1. The van der Waals surface area contributed by atoms with Crippen molar-refractivity contribution in [2.45, 2.75) is 13.1 Å². The van der Waals surface area contributed by atoms with Crippen LogP contribution < -0.4 is 4.90 Å². The molecule has 0 aliphatic rings. The molecular formula is C18H19ClF3N3O2. The fourth-order valence-corrected chi connectivity index (χ4v) is 2.66. The van der Waals surface area contributed by atoms with Gasteiger partial charge in [-0.1, -0.05) is 11.6 Å². The number of halogens is 4. The molecule has 0 fully saturated rings. The number of aliphatic hydroxyl groups excluding tert-OH is 2. The van der Waals surface area contributed by atoms with Gasteiger partial charge in [0.25, 0.3) is 0 Å². The van der Waals surface area contributed by atoms with Crippen molar-refractivity contribution in [3.05, 3.63) is 52.5 Å². The molecule has 2 N–H and O–H groups in total. The zero-order valence-electron chi connectivity index (χ0n) is 14.5. The van der Waals surface area contributed by atoms with Gasteiger partial charge in [0.2, 0.25) is 0 Å². The van der Waals surface area contributed by atoms with Crippen LogP contribution in [0.3, 0.4) is 0 Å². The molecule has 146 valence electrons. The smallest absolute Gasteiger partial charge is 0.395 e. The summed E-state index contributed by atoms with van der Waals surface area (Å²) in [4.78, 5) is 1.79. The molecule has 0 saturated heterocycles. The summed E-state index contributed by atoms with van der Waals surface area (Å²) in [6.07, 6.45) is -4.59. The summed E-state index contributed by atoms with van der Waals surface area (Å²) in [5, 5.41) is 25.9. The predicted molar refractivity (Wildman–Crippen MR) is 98.2 cm³/mol. The average molecular weight is 402 g/mol. The Morgan fingerprint density at radius 2 is 1.56 bits per heavy atom. The molecule has 2 rings (SSSR count). The molecule has 0 spiro atoms. The van der Waals surface area contributed by atoms with Gasteiger partial charge in [-0.2, -0.15) is 18.3 Å². The second-order valence-corrected chi connectivity index (χ2v) is 6.20. The number of nitrogens with zero attached hydrogens (tertiary/aromatic N) is 3. The van der Waals surface area contributed by atoms with E-state index in [-0.39, 0.29) is 23.9 Å². The number of alkyl halides is 3. The number of hydrogen-bond acceptors (Lipinski definition) is 5. The van der Waals surface area contributed by atoms with Gasteiger partial charge in [-0.05, 0) is 48.9 Å². The lowest BCUT2D eigenvalue weighted by Crippen LogP contribution is -2.29. The van der Waals surface area contributed by atoms with E-state index in [1.165, 1.54) is 12.1 Å². The van der Waals surface area contributed by atoms with Gasteiger partial charge in [-0.15, -0.1) is 5.11 Å². The van der Waals surface area contributed by atoms with Crippen LogP contribution >= 0.6 is 11.6 Å². The fraction of sp³-hybridized carbons (Fsp3) is 0.333. The molecule has 2 aromatic carbocycles. The first-order chi connectivity index (χ1) is 12.8. The lowest BCUT2D eigenvalue weighted by Gasteiger charge is -2.23. The van der Waals surface area contributed by atoms with Gasteiger partial charge in [0.05, 0.1) is 30.2 Å². The minimum Gasteiger partial charge on any atom is -0.395 e. The second kappa shape index (κ2) is 9.16. The number of aliphatic hydroxyl groups is 2. The highest BCUT2D eigenvalue weighted by molar-refractivity contribution is 6.30. The molecule has 9 heteroatoms. The van der Waals surface area contributed by atoms with Crippen LogP contribution in [0, 0.1) is 6.92 Å². The van der Waals surface area contributed by atoms with Gasteiger partial charge in [0.15, 0.2) is 0 Å². The number of azo groups is 1. The van der Waals surface area contributed by atoms with Crippen molar-refractivity contribution >= 4 is 28.7 Å². The fourth-order valence-electron chi connectivity index (χ4n) is 2.49. The third-order valence-corrected chi connectivity index (χ3v) is 4.05. The first-order valence-corrected chi connectivity index (χ1v) is 8.50. The third kappa shape index (κ3) is 5.66. The summed E-state index contributed by atoms with van der Waals surface area (Å²) in [6, 6.07) is 8.41. The predicted octanol–water partition coefficient (Wildman–Crippen LogP) is 4.87. The second-order valence-electron chi connectivity index (χ2n) is 5.76. The molecule has 2 aromatic rings. The van der Waals surface area contributed by atoms with Crippen LogP contribution in [0.1, 0.15) is 11.1 Å². The normalized spacial score (nSPS) is 12.0. The number of rotatable bonds is 7. The van der Waals surface area contributed by atoms with Crippen LogP contribution in [-0.4, -0.2) is 36.5 Å². The van der Waals surface area contributed by atoms with Crippen LogP contribution in [-0.2, 0) is 6.18 Å². The maximum Gasteiger partial charge on any atom is 0.418 e. The number of benzene rings is 2. The minimum atomic E-state index is -4.59. The monoisotopic (exact) mass is 401 g/mol. The SMILES string of the molecule is Cc1cc(N(CCO)CCO)ccc1N=Nc1ccc(Cl)cc1C(F)(F)F. The zero-order valence-corrected chi connectivity index (χ0v) is 15.3. The van der Waals surface area contributed by atoms with Crippen molar-refractivity contribution in [3.8, 4) is 0 Å². The van der Waals surface area contributed by atoms with E-state index >= 15 is 0 Å².